The minimum absolute atomic E-state index is 0.153. The normalized spacial score (nSPS) is 11.4. The van der Waals surface area contributed by atoms with E-state index in [1.54, 1.807) is 27.8 Å². The Hall–Kier alpha value is -2.28. The van der Waals surface area contributed by atoms with Gasteiger partial charge in [0, 0.05) is 12.2 Å². The van der Waals surface area contributed by atoms with Crippen LogP contribution in [0.2, 0.25) is 5.15 Å². The first-order valence-corrected chi connectivity index (χ1v) is 6.89. The van der Waals surface area contributed by atoms with E-state index >= 15 is 0 Å². The Morgan fingerprint density at radius 2 is 2.10 bits per heavy atom. The fourth-order valence-electron chi connectivity index (χ4n) is 2.06. The average molecular weight is 304 g/mol. The third kappa shape index (κ3) is 2.52. The smallest absolute Gasteiger partial charge is 0.184 e. The van der Waals surface area contributed by atoms with Crippen molar-refractivity contribution in [2.75, 3.05) is 0 Å². The molecule has 0 atom stereocenters. The Morgan fingerprint density at radius 3 is 2.76 bits per heavy atom. The molecule has 0 fully saturated rings. The van der Waals surface area contributed by atoms with Gasteiger partial charge in [-0.3, -0.25) is 5.41 Å². The molecule has 0 amide bonds. The summed E-state index contributed by atoms with van der Waals surface area (Å²) in [5.41, 5.74) is 2.34. The van der Waals surface area contributed by atoms with Crippen molar-refractivity contribution in [2.45, 2.75) is 26.4 Å². The van der Waals surface area contributed by atoms with E-state index in [-0.39, 0.29) is 6.04 Å². The van der Waals surface area contributed by atoms with E-state index in [0.717, 1.165) is 5.56 Å². The minimum atomic E-state index is 0.153. The molecule has 0 saturated heterocycles. The van der Waals surface area contributed by atoms with Crippen molar-refractivity contribution in [3.63, 3.8) is 0 Å². The molecular formula is C13H14ClN7. The highest BCUT2D eigenvalue weighted by Crippen LogP contribution is 2.10. The third-order valence-electron chi connectivity index (χ3n) is 3.17. The molecule has 21 heavy (non-hydrogen) atoms. The summed E-state index contributed by atoms with van der Waals surface area (Å²) in [6.07, 6.45) is 3.34. The van der Waals surface area contributed by atoms with Gasteiger partial charge in [-0.1, -0.05) is 22.9 Å². The molecule has 1 N–H and O–H groups in total. The van der Waals surface area contributed by atoms with Crippen molar-refractivity contribution in [3.8, 4) is 0 Å². The monoisotopic (exact) mass is 303 g/mol. The maximum Gasteiger partial charge on any atom is 0.184 e. The second-order valence-corrected chi connectivity index (χ2v) is 5.39. The lowest BCUT2D eigenvalue weighted by Gasteiger charge is -2.09. The predicted octanol–water partition coefficient (Wildman–Crippen LogP) is 1.78. The van der Waals surface area contributed by atoms with Gasteiger partial charge in [-0.15, -0.1) is 5.10 Å². The molecule has 0 aliphatic carbocycles. The van der Waals surface area contributed by atoms with Crippen molar-refractivity contribution in [2.24, 2.45) is 0 Å². The molecule has 0 aliphatic heterocycles. The van der Waals surface area contributed by atoms with Crippen LogP contribution in [0.1, 0.15) is 25.5 Å². The van der Waals surface area contributed by atoms with Crippen molar-refractivity contribution < 1.29 is 0 Å². The molecule has 0 saturated carbocycles. The topological polar surface area (TPSA) is 85.3 Å². The number of aromatic nitrogens is 6. The average Bonchev–Trinajstić information content (AvgIpc) is 2.85. The van der Waals surface area contributed by atoms with Crippen LogP contribution in [-0.4, -0.2) is 29.5 Å². The van der Waals surface area contributed by atoms with Gasteiger partial charge in [-0.2, -0.15) is 0 Å². The van der Waals surface area contributed by atoms with Gasteiger partial charge in [0.05, 0.1) is 12.9 Å². The summed E-state index contributed by atoms with van der Waals surface area (Å²) < 4.78 is 3.41. The predicted molar refractivity (Wildman–Crippen MR) is 77.9 cm³/mol. The summed E-state index contributed by atoms with van der Waals surface area (Å²) in [5.74, 6) is 0. The Bertz CT molecular complexity index is 832. The molecule has 0 bridgehead atoms. The van der Waals surface area contributed by atoms with Crippen LogP contribution in [0.15, 0.2) is 24.7 Å². The summed E-state index contributed by atoms with van der Waals surface area (Å²) in [6, 6.07) is 3.76. The van der Waals surface area contributed by atoms with Gasteiger partial charge in [-0.25, -0.2) is 14.6 Å². The number of fused-ring (bicyclic) bond motifs is 1. The van der Waals surface area contributed by atoms with Crippen molar-refractivity contribution in [1.29, 1.82) is 5.41 Å². The highest BCUT2D eigenvalue weighted by Gasteiger charge is 2.11. The van der Waals surface area contributed by atoms with Crippen LogP contribution in [0.5, 0.6) is 0 Å². The number of rotatable bonds is 3. The van der Waals surface area contributed by atoms with Crippen LogP contribution in [0, 0.1) is 5.41 Å². The molecule has 0 spiro atoms. The lowest BCUT2D eigenvalue weighted by Crippen LogP contribution is -2.22. The molecule has 108 valence electrons. The van der Waals surface area contributed by atoms with Gasteiger partial charge >= 0.3 is 0 Å². The summed E-state index contributed by atoms with van der Waals surface area (Å²) in [4.78, 5) is 8.41. The van der Waals surface area contributed by atoms with Crippen LogP contribution in [0.4, 0.5) is 0 Å². The van der Waals surface area contributed by atoms with Crippen molar-refractivity contribution >= 4 is 22.8 Å². The van der Waals surface area contributed by atoms with Crippen LogP contribution >= 0.6 is 11.6 Å². The number of nitrogens with one attached hydrogen (secondary N) is 1. The first kappa shape index (κ1) is 13.7. The third-order valence-corrected chi connectivity index (χ3v) is 3.40. The number of hydrogen-bond donors (Lipinski definition) is 1. The Balaban J connectivity index is 2.03. The summed E-state index contributed by atoms with van der Waals surface area (Å²) in [5, 5.41) is 16.8. The molecule has 7 nitrogen and oxygen atoms in total. The summed E-state index contributed by atoms with van der Waals surface area (Å²) >= 11 is 5.77. The second-order valence-electron chi connectivity index (χ2n) is 5.00. The van der Waals surface area contributed by atoms with Gasteiger partial charge in [-0.05, 0) is 25.5 Å². The standard InChI is InChI=1S/C13H14ClN7/c1-8(2)20-7-17-13-11(12(20)15)18-19-21(13)6-9-3-4-10(14)16-5-9/h3-5,7-8,15H,6H2,1-2H3. The lowest BCUT2D eigenvalue weighted by molar-refractivity contribution is 0.559. The molecule has 0 aliphatic rings. The quantitative estimate of drug-likeness (QED) is 0.747. The Kier molecular flexibility index (Phi) is 3.42. The first-order valence-electron chi connectivity index (χ1n) is 6.51. The molecular weight excluding hydrogens is 290 g/mol. The summed E-state index contributed by atoms with van der Waals surface area (Å²) in [6.45, 7) is 4.48. The fraction of sp³-hybridized carbons (Fsp3) is 0.308. The number of hydrogen-bond acceptors (Lipinski definition) is 5. The number of nitrogens with zero attached hydrogens (tertiary/aromatic N) is 6. The second kappa shape index (κ2) is 5.25. The van der Waals surface area contributed by atoms with Crippen LogP contribution < -0.4 is 5.49 Å². The van der Waals surface area contributed by atoms with Crippen LogP contribution in [0.25, 0.3) is 11.2 Å². The molecule has 0 radical (unpaired) electrons. The maximum absolute atomic E-state index is 8.17. The fourth-order valence-corrected chi connectivity index (χ4v) is 2.17. The molecule has 3 rings (SSSR count). The highest BCUT2D eigenvalue weighted by atomic mass is 35.5. The van der Waals surface area contributed by atoms with E-state index in [4.69, 9.17) is 17.0 Å². The number of pyridine rings is 1. The molecule has 0 unspecified atom stereocenters. The van der Waals surface area contributed by atoms with Crippen molar-refractivity contribution in [3.05, 3.63) is 40.9 Å². The van der Waals surface area contributed by atoms with Gasteiger partial charge < -0.3 is 4.57 Å². The van der Waals surface area contributed by atoms with Gasteiger partial charge in [0.1, 0.15) is 5.15 Å². The summed E-state index contributed by atoms with van der Waals surface area (Å²) in [7, 11) is 0. The lowest BCUT2D eigenvalue weighted by atomic mass is 10.3. The molecule has 3 heterocycles. The zero-order valence-corrected chi connectivity index (χ0v) is 12.4. The van der Waals surface area contributed by atoms with Gasteiger partial charge in [0.15, 0.2) is 16.7 Å². The SMILES string of the molecule is CC(C)n1cnc2c(nnn2Cc2ccc(Cl)nc2)c1=N. The van der Waals surface area contributed by atoms with Crippen LogP contribution in [0.3, 0.4) is 0 Å². The molecule has 8 heteroatoms. The maximum atomic E-state index is 8.17. The molecule has 3 aromatic rings. The Morgan fingerprint density at radius 1 is 1.29 bits per heavy atom. The first-order chi connectivity index (χ1) is 10.1. The number of halogens is 1. The van der Waals surface area contributed by atoms with E-state index in [1.165, 1.54) is 0 Å². The zero-order chi connectivity index (χ0) is 15.0. The van der Waals surface area contributed by atoms with E-state index in [0.29, 0.717) is 28.3 Å². The van der Waals surface area contributed by atoms with Crippen LogP contribution in [-0.2, 0) is 6.54 Å². The zero-order valence-electron chi connectivity index (χ0n) is 11.7. The minimum Gasteiger partial charge on any atom is -0.313 e. The highest BCUT2D eigenvalue weighted by molar-refractivity contribution is 6.29. The van der Waals surface area contributed by atoms with E-state index < -0.39 is 0 Å². The van der Waals surface area contributed by atoms with E-state index in [2.05, 4.69) is 20.3 Å². The molecule has 0 aromatic carbocycles. The molecule has 3 aromatic heterocycles. The van der Waals surface area contributed by atoms with Gasteiger partial charge in [0.25, 0.3) is 0 Å². The van der Waals surface area contributed by atoms with E-state index in [9.17, 15) is 0 Å². The Labute approximate surface area is 125 Å². The largest absolute Gasteiger partial charge is 0.313 e. The van der Waals surface area contributed by atoms with E-state index in [1.807, 2.05) is 19.9 Å². The van der Waals surface area contributed by atoms with Crippen molar-refractivity contribution in [1.82, 2.24) is 29.5 Å². The van der Waals surface area contributed by atoms with Gasteiger partial charge in [0.2, 0.25) is 0 Å².